The lowest BCUT2D eigenvalue weighted by Crippen LogP contribution is -2.01. The molecule has 13 heavy (non-hydrogen) atoms. The van der Waals surface area contributed by atoms with Crippen molar-refractivity contribution in [2.75, 3.05) is 6.61 Å². The van der Waals surface area contributed by atoms with Crippen LogP contribution in [0.15, 0.2) is 16.7 Å². The van der Waals surface area contributed by atoms with Crippen molar-refractivity contribution in [1.82, 2.24) is 0 Å². The predicted molar refractivity (Wildman–Crippen MR) is 51.2 cm³/mol. The standard InChI is InChI=1S/C10H17NO2/c1-2-3-5-12-8-9-4-6-13-10(9)7-11/h4,6H,2-3,5,7-8,11H2,1H3. The van der Waals surface area contributed by atoms with Crippen molar-refractivity contribution in [3.8, 4) is 0 Å². The minimum atomic E-state index is 0.444. The molecular weight excluding hydrogens is 166 g/mol. The minimum Gasteiger partial charge on any atom is -0.468 e. The van der Waals surface area contributed by atoms with Gasteiger partial charge in [0.25, 0.3) is 0 Å². The number of unbranched alkanes of at least 4 members (excludes halogenated alkanes) is 1. The number of hydrogen-bond donors (Lipinski definition) is 1. The summed E-state index contributed by atoms with van der Waals surface area (Å²) in [6.07, 6.45) is 3.92. The van der Waals surface area contributed by atoms with E-state index in [0.29, 0.717) is 13.2 Å². The molecule has 0 spiro atoms. The van der Waals surface area contributed by atoms with Crippen molar-refractivity contribution in [3.05, 3.63) is 23.7 Å². The van der Waals surface area contributed by atoms with Crippen LogP contribution in [-0.4, -0.2) is 6.61 Å². The molecule has 0 atom stereocenters. The Morgan fingerprint density at radius 1 is 1.54 bits per heavy atom. The summed E-state index contributed by atoms with van der Waals surface area (Å²) in [5.41, 5.74) is 6.54. The lowest BCUT2D eigenvalue weighted by Gasteiger charge is -2.02. The van der Waals surface area contributed by atoms with Crippen LogP contribution in [-0.2, 0) is 17.9 Å². The van der Waals surface area contributed by atoms with Crippen LogP contribution >= 0.6 is 0 Å². The van der Waals surface area contributed by atoms with Crippen LogP contribution in [0.25, 0.3) is 0 Å². The Kier molecular flexibility index (Phi) is 4.57. The van der Waals surface area contributed by atoms with E-state index in [1.165, 1.54) is 0 Å². The van der Waals surface area contributed by atoms with Crippen LogP contribution in [0.1, 0.15) is 31.1 Å². The van der Waals surface area contributed by atoms with Crippen LogP contribution in [0.2, 0.25) is 0 Å². The summed E-state index contributed by atoms with van der Waals surface area (Å²) in [6.45, 7) is 4.01. The van der Waals surface area contributed by atoms with Gasteiger partial charge in [-0.2, -0.15) is 0 Å². The summed E-state index contributed by atoms with van der Waals surface area (Å²) in [7, 11) is 0. The first-order valence-electron chi connectivity index (χ1n) is 4.71. The molecule has 0 aromatic carbocycles. The number of furan rings is 1. The third-order valence-electron chi connectivity index (χ3n) is 1.92. The van der Waals surface area contributed by atoms with E-state index < -0.39 is 0 Å². The highest BCUT2D eigenvalue weighted by Crippen LogP contribution is 2.10. The highest BCUT2D eigenvalue weighted by Gasteiger charge is 2.03. The Balaban J connectivity index is 2.27. The van der Waals surface area contributed by atoms with Crippen molar-refractivity contribution in [3.63, 3.8) is 0 Å². The molecule has 3 nitrogen and oxygen atoms in total. The van der Waals surface area contributed by atoms with Crippen LogP contribution < -0.4 is 5.73 Å². The fourth-order valence-electron chi connectivity index (χ4n) is 1.10. The smallest absolute Gasteiger partial charge is 0.122 e. The van der Waals surface area contributed by atoms with Gasteiger partial charge in [0, 0.05) is 12.2 Å². The Hall–Kier alpha value is -0.800. The topological polar surface area (TPSA) is 48.4 Å². The Labute approximate surface area is 78.9 Å². The van der Waals surface area contributed by atoms with E-state index >= 15 is 0 Å². The van der Waals surface area contributed by atoms with Gasteiger partial charge in [-0.3, -0.25) is 0 Å². The lowest BCUT2D eigenvalue weighted by molar-refractivity contribution is 0.117. The van der Waals surface area contributed by atoms with Gasteiger partial charge in [-0.05, 0) is 12.5 Å². The van der Waals surface area contributed by atoms with Crippen molar-refractivity contribution < 1.29 is 9.15 Å². The molecular formula is C10H17NO2. The van der Waals surface area contributed by atoms with E-state index in [9.17, 15) is 0 Å². The van der Waals surface area contributed by atoms with Crippen LogP contribution in [0.4, 0.5) is 0 Å². The largest absolute Gasteiger partial charge is 0.468 e. The van der Waals surface area contributed by atoms with Crippen molar-refractivity contribution >= 4 is 0 Å². The lowest BCUT2D eigenvalue weighted by atomic mass is 10.2. The predicted octanol–water partition coefficient (Wildman–Crippen LogP) is 2.06. The average Bonchev–Trinajstić information content (AvgIpc) is 2.60. The molecule has 0 aliphatic carbocycles. The van der Waals surface area contributed by atoms with Gasteiger partial charge in [0.15, 0.2) is 0 Å². The zero-order valence-electron chi connectivity index (χ0n) is 8.08. The zero-order valence-corrected chi connectivity index (χ0v) is 8.08. The quantitative estimate of drug-likeness (QED) is 0.687. The molecule has 0 radical (unpaired) electrons. The SMILES string of the molecule is CCCCOCc1ccoc1CN. The second-order valence-corrected chi connectivity index (χ2v) is 2.98. The first kappa shape index (κ1) is 10.3. The van der Waals surface area contributed by atoms with Crippen LogP contribution in [0.5, 0.6) is 0 Å². The molecule has 1 rings (SSSR count). The van der Waals surface area contributed by atoms with Gasteiger partial charge in [-0.25, -0.2) is 0 Å². The molecule has 74 valence electrons. The summed E-state index contributed by atoms with van der Waals surface area (Å²) in [6, 6.07) is 1.91. The summed E-state index contributed by atoms with van der Waals surface area (Å²) < 4.78 is 10.6. The first-order valence-corrected chi connectivity index (χ1v) is 4.71. The van der Waals surface area contributed by atoms with Crippen LogP contribution in [0.3, 0.4) is 0 Å². The van der Waals surface area contributed by atoms with Crippen molar-refractivity contribution in [2.24, 2.45) is 5.73 Å². The molecule has 3 heteroatoms. The van der Waals surface area contributed by atoms with E-state index in [0.717, 1.165) is 30.8 Å². The zero-order chi connectivity index (χ0) is 9.52. The molecule has 0 saturated carbocycles. The second kappa shape index (κ2) is 5.78. The highest BCUT2D eigenvalue weighted by atomic mass is 16.5. The third kappa shape index (κ3) is 3.20. The van der Waals surface area contributed by atoms with Gasteiger partial charge in [0.2, 0.25) is 0 Å². The monoisotopic (exact) mass is 183 g/mol. The van der Waals surface area contributed by atoms with E-state index in [1.807, 2.05) is 6.07 Å². The van der Waals surface area contributed by atoms with Gasteiger partial charge in [0.1, 0.15) is 5.76 Å². The fourth-order valence-corrected chi connectivity index (χ4v) is 1.10. The molecule has 0 saturated heterocycles. The molecule has 0 bridgehead atoms. The van der Waals surface area contributed by atoms with Gasteiger partial charge < -0.3 is 14.9 Å². The van der Waals surface area contributed by atoms with Crippen LogP contribution in [0, 0.1) is 0 Å². The fraction of sp³-hybridized carbons (Fsp3) is 0.600. The maximum atomic E-state index is 5.48. The van der Waals surface area contributed by atoms with Gasteiger partial charge in [0.05, 0.1) is 19.4 Å². The van der Waals surface area contributed by atoms with Gasteiger partial charge in [-0.1, -0.05) is 13.3 Å². The van der Waals surface area contributed by atoms with E-state index in [2.05, 4.69) is 6.92 Å². The molecule has 0 fully saturated rings. The number of rotatable bonds is 6. The summed E-state index contributed by atoms with van der Waals surface area (Å²) in [5.74, 6) is 0.830. The number of ether oxygens (including phenoxy) is 1. The molecule has 2 N–H and O–H groups in total. The molecule has 0 aliphatic heterocycles. The third-order valence-corrected chi connectivity index (χ3v) is 1.92. The highest BCUT2D eigenvalue weighted by molar-refractivity contribution is 5.15. The molecule has 0 unspecified atom stereocenters. The molecule has 0 aliphatic rings. The van der Waals surface area contributed by atoms with Gasteiger partial charge in [-0.15, -0.1) is 0 Å². The summed E-state index contributed by atoms with van der Waals surface area (Å²) in [5, 5.41) is 0. The van der Waals surface area contributed by atoms with E-state index in [4.69, 9.17) is 14.9 Å². The number of nitrogens with two attached hydrogens (primary N) is 1. The Morgan fingerprint density at radius 2 is 2.38 bits per heavy atom. The minimum absolute atomic E-state index is 0.444. The Morgan fingerprint density at radius 3 is 3.08 bits per heavy atom. The average molecular weight is 183 g/mol. The van der Waals surface area contributed by atoms with Gasteiger partial charge >= 0.3 is 0 Å². The van der Waals surface area contributed by atoms with Crippen molar-refractivity contribution in [2.45, 2.75) is 32.9 Å². The molecule has 1 aromatic rings. The normalized spacial score (nSPS) is 10.6. The first-order chi connectivity index (χ1) is 6.38. The summed E-state index contributed by atoms with van der Waals surface area (Å²) in [4.78, 5) is 0. The summed E-state index contributed by atoms with van der Waals surface area (Å²) >= 11 is 0. The molecule has 1 heterocycles. The maximum Gasteiger partial charge on any atom is 0.122 e. The molecule has 0 amide bonds. The van der Waals surface area contributed by atoms with Crippen molar-refractivity contribution in [1.29, 1.82) is 0 Å². The number of hydrogen-bond acceptors (Lipinski definition) is 3. The molecule has 1 aromatic heterocycles. The van der Waals surface area contributed by atoms with E-state index in [-0.39, 0.29) is 0 Å². The van der Waals surface area contributed by atoms with E-state index in [1.54, 1.807) is 6.26 Å². The Bertz CT molecular complexity index is 233. The maximum absolute atomic E-state index is 5.48. The second-order valence-electron chi connectivity index (χ2n) is 2.98.